The molecular weight excluding hydrogens is 222 g/mol. The molecule has 0 saturated carbocycles. The lowest BCUT2D eigenvalue weighted by atomic mass is 10.1. The van der Waals surface area contributed by atoms with Crippen LogP contribution >= 0.6 is 0 Å². The van der Waals surface area contributed by atoms with Crippen molar-refractivity contribution < 1.29 is 4.74 Å². The quantitative estimate of drug-likeness (QED) is 0.884. The van der Waals surface area contributed by atoms with Crippen LogP contribution in [0.15, 0.2) is 42.5 Å². The largest absolute Gasteiger partial charge is 0.489 e. The van der Waals surface area contributed by atoms with Gasteiger partial charge < -0.3 is 10.1 Å². The molecule has 2 nitrogen and oxygen atoms in total. The molecule has 1 heterocycles. The molecule has 2 heteroatoms. The summed E-state index contributed by atoms with van der Waals surface area (Å²) in [4.78, 5) is 0. The molecule has 0 fully saturated rings. The zero-order chi connectivity index (χ0) is 12.4. The Morgan fingerprint density at radius 1 is 1.11 bits per heavy atom. The molecular formula is C16H17NO. The highest BCUT2D eigenvalue weighted by atomic mass is 16.5. The van der Waals surface area contributed by atoms with Crippen LogP contribution in [0, 0.1) is 6.92 Å². The average molecular weight is 239 g/mol. The number of hydrogen-bond donors (Lipinski definition) is 1. The van der Waals surface area contributed by atoms with Gasteiger partial charge in [-0.15, -0.1) is 0 Å². The fraction of sp³-hybridized carbons (Fsp3) is 0.250. The van der Waals surface area contributed by atoms with E-state index in [9.17, 15) is 0 Å². The molecule has 0 saturated heterocycles. The molecule has 92 valence electrons. The van der Waals surface area contributed by atoms with Crippen molar-refractivity contribution >= 4 is 5.69 Å². The van der Waals surface area contributed by atoms with E-state index in [1.807, 2.05) is 12.1 Å². The monoisotopic (exact) mass is 239 g/mol. The van der Waals surface area contributed by atoms with E-state index >= 15 is 0 Å². The number of anilines is 1. The molecule has 1 aliphatic rings. The second-order valence-electron chi connectivity index (χ2n) is 4.73. The first-order valence-electron chi connectivity index (χ1n) is 6.37. The highest BCUT2D eigenvalue weighted by molar-refractivity contribution is 5.61. The Balaban J connectivity index is 1.74. The molecule has 0 aromatic heterocycles. The van der Waals surface area contributed by atoms with Crippen LogP contribution in [0.4, 0.5) is 5.69 Å². The summed E-state index contributed by atoms with van der Waals surface area (Å²) < 4.78 is 5.83. The van der Waals surface area contributed by atoms with Crippen molar-refractivity contribution in [1.29, 1.82) is 0 Å². The van der Waals surface area contributed by atoms with E-state index in [1.165, 1.54) is 22.4 Å². The highest BCUT2D eigenvalue weighted by Gasteiger charge is 2.13. The summed E-state index contributed by atoms with van der Waals surface area (Å²) in [5.74, 6) is 0.927. The minimum atomic E-state index is 0.624. The van der Waals surface area contributed by atoms with Crippen molar-refractivity contribution in [2.75, 3.05) is 11.9 Å². The van der Waals surface area contributed by atoms with E-state index in [4.69, 9.17) is 4.74 Å². The average Bonchev–Trinajstić information content (AvgIpc) is 2.87. The minimum absolute atomic E-state index is 0.624. The van der Waals surface area contributed by atoms with E-state index in [0.717, 1.165) is 18.7 Å². The molecule has 0 amide bonds. The van der Waals surface area contributed by atoms with Crippen LogP contribution in [0.3, 0.4) is 0 Å². The van der Waals surface area contributed by atoms with Gasteiger partial charge in [-0.3, -0.25) is 0 Å². The first-order chi connectivity index (χ1) is 8.83. The number of ether oxygens (including phenoxy) is 1. The van der Waals surface area contributed by atoms with E-state index in [1.54, 1.807) is 0 Å². The molecule has 18 heavy (non-hydrogen) atoms. The van der Waals surface area contributed by atoms with Gasteiger partial charge in [0.2, 0.25) is 0 Å². The molecule has 2 aromatic rings. The topological polar surface area (TPSA) is 21.3 Å². The fourth-order valence-electron chi connectivity index (χ4n) is 2.33. The van der Waals surface area contributed by atoms with Crippen LogP contribution in [-0.2, 0) is 13.0 Å². The summed E-state index contributed by atoms with van der Waals surface area (Å²) in [6, 6.07) is 14.6. The lowest BCUT2D eigenvalue weighted by Crippen LogP contribution is -2.00. The Bertz CT molecular complexity index is 546. The molecule has 0 radical (unpaired) electrons. The van der Waals surface area contributed by atoms with Crippen LogP contribution in [0.1, 0.15) is 16.7 Å². The normalized spacial score (nSPS) is 12.9. The molecule has 0 spiro atoms. The van der Waals surface area contributed by atoms with Gasteiger partial charge in [0.15, 0.2) is 0 Å². The third kappa shape index (κ3) is 2.19. The van der Waals surface area contributed by atoms with Crippen molar-refractivity contribution in [2.24, 2.45) is 0 Å². The third-order valence-corrected chi connectivity index (χ3v) is 3.35. The lowest BCUT2D eigenvalue weighted by Gasteiger charge is -2.10. The number of hydrogen-bond acceptors (Lipinski definition) is 2. The first-order valence-corrected chi connectivity index (χ1v) is 6.37. The van der Waals surface area contributed by atoms with E-state index in [2.05, 4.69) is 42.6 Å². The fourth-order valence-corrected chi connectivity index (χ4v) is 2.33. The molecule has 0 atom stereocenters. The van der Waals surface area contributed by atoms with Gasteiger partial charge in [-0.1, -0.05) is 35.9 Å². The Labute approximate surface area is 108 Å². The highest BCUT2D eigenvalue weighted by Crippen LogP contribution is 2.27. The summed E-state index contributed by atoms with van der Waals surface area (Å²) in [5.41, 5.74) is 5.17. The maximum absolute atomic E-state index is 5.83. The molecule has 0 aliphatic carbocycles. The van der Waals surface area contributed by atoms with E-state index in [0.29, 0.717) is 6.61 Å². The number of para-hydroxylation sites is 1. The van der Waals surface area contributed by atoms with Crippen molar-refractivity contribution in [3.8, 4) is 5.75 Å². The van der Waals surface area contributed by atoms with Gasteiger partial charge in [0.25, 0.3) is 0 Å². The summed E-state index contributed by atoms with van der Waals surface area (Å²) in [5, 5.41) is 3.43. The second-order valence-corrected chi connectivity index (χ2v) is 4.73. The van der Waals surface area contributed by atoms with Gasteiger partial charge in [-0.25, -0.2) is 0 Å². The van der Waals surface area contributed by atoms with Crippen LogP contribution in [0.5, 0.6) is 5.75 Å². The van der Waals surface area contributed by atoms with E-state index < -0.39 is 0 Å². The Kier molecular flexibility index (Phi) is 2.93. The van der Waals surface area contributed by atoms with Gasteiger partial charge in [0.1, 0.15) is 12.4 Å². The number of fused-ring (bicyclic) bond motifs is 1. The van der Waals surface area contributed by atoms with Gasteiger partial charge in [0, 0.05) is 17.8 Å². The first kappa shape index (κ1) is 11.1. The zero-order valence-electron chi connectivity index (χ0n) is 10.6. The summed E-state index contributed by atoms with van der Waals surface area (Å²) in [6.07, 6.45) is 1.12. The lowest BCUT2D eigenvalue weighted by molar-refractivity contribution is 0.307. The number of benzene rings is 2. The number of nitrogens with one attached hydrogen (secondary N) is 1. The molecule has 1 N–H and O–H groups in total. The van der Waals surface area contributed by atoms with Gasteiger partial charge in [-0.2, -0.15) is 0 Å². The molecule has 3 rings (SSSR count). The van der Waals surface area contributed by atoms with Gasteiger partial charge >= 0.3 is 0 Å². The Morgan fingerprint density at radius 2 is 1.94 bits per heavy atom. The summed E-state index contributed by atoms with van der Waals surface area (Å²) in [6.45, 7) is 3.74. The SMILES string of the molecule is Cc1ccc(OCc2cccc3c2NCC3)cc1. The number of aryl methyl sites for hydroxylation is 1. The van der Waals surface area contributed by atoms with Crippen LogP contribution in [-0.4, -0.2) is 6.54 Å². The molecule has 0 bridgehead atoms. The molecule has 0 unspecified atom stereocenters. The summed E-state index contributed by atoms with van der Waals surface area (Å²) in [7, 11) is 0. The maximum atomic E-state index is 5.83. The Morgan fingerprint density at radius 3 is 2.78 bits per heavy atom. The minimum Gasteiger partial charge on any atom is -0.489 e. The van der Waals surface area contributed by atoms with Crippen molar-refractivity contribution in [3.05, 3.63) is 59.2 Å². The predicted molar refractivity (Wildman–Crippen MR) is 74.1 cm³/mol. The standard InChI is InChI=1S/C16H17NO/c1-12-5-7-15(8-6-12)18-11-14-4-2-3-13-9-10-17-16(13)14/h2-8,17H,9-11H2,1H3. The second kappa shape index (κ2) is 4.73. The van der Waals surface area contributed by atoms with Gasteiger partial charge in [-0.05, 0) is 31.0 Å². The van der Waals surface area contributed by atoms with Crippen LogP contribution in [0.2, 0.25) is 0 Å². The van der Waals surface area contributed by atoms with E-state index in [-0.39, 0.29) is 0 Å². The number of rotatable bonds is 3. The summed E-state index contributed by atoms with van der Waals surface area (Å²) >= 11 is 0. The Hall–Kier alpha value is -1.96. The molecule has 2 aromatic carbocycles. The van der Waals surface area contributed by atoms with Crippen molar-refractivity contribution in [3.63, 3.8) is 0 Å². The van der Waals surface area contributed by atoms with Gasteiger partial charge in [0.05, 0.1) is 0 Å². The van der Waals surface area contributed by atoms with Crippen LogP contribution in [0.25, 0.3) is 0 Å². The molecule has 1 aliphatic heterocycles. The third-order valence-electron chi connectivity index (χ3n) is 3.35. The smallest absolute Gasteiger partial charge is 0.119 e. The zero-order valence-corrected chi connectivity index (χ0v) is 10.6. The maximum Gasteiger partial charge on any atom is 0.119 e. The van der Waals surface area contributed by atoms with Crippen molar-refractivity contribution in [2.45, 2.75) is 20.0 Å². The van der Waals surface area contributed by atoms with Crippen LogP contribution < -0.4 is 10.1 Å². The predicted octanol–water partition coefficient (Wildman–Crippen LogP) is 3.54. The van der Waals surface area contributed by atoms with Crippen molar-refractivity contribution in [1.82, 2.24) is 0 Å².